The lowest BCUT2D eigenvalue weighted by Crippen LogP contribution is -2.33. The Bertz CT molecular complexity index is 548. The Balaban J connectivity index is 2.26. The van der Waals surface area contributed by atoms with E-state index in [0.717, 1.165) is 0 Å². The molecule has 2 aromatic heterocycles. The van der Waals surface area contributed by atoms with E-state index in [0.29, 0.717) is 11.1 Å². The first-order chi connectivity index (χ1) is 7.68. The van der Waals surface area contributed by atoms with E-state index < -0.39 is 11.8 Å². The third-order valence-electron chi connectivity index (χ3n) is 1.99. The van der Waals surface area contributed by atoms with Gasteiger partial charge in [-0.05, 0) is 0 Å². The average Bonchev–Trinajstić information content (AvgIpc) is 2.69. The summed E-state index contributed by atoms with van der Waals surface area (Å²) in [6, 6.07) is 0. The minimum absolute atomic E-state index is 0.198. The fraction of sp³-hybridized carbons (Fsp3) is 0.111. The van der Waals surface area contributed by atoms with Crippen LogP contribution in [0.3, 0.4) is 0 Å². The number of nitrogens with zero attached hydrogens (tertiary/aromatic N) is 3. The van der Waals surface area contributed by atoms with E-state index in [4.69, 9.17) is 5.73 Å². The molecule has 0 saturated carbocycles. The number of fused-ring (bicyclic) bond motifs is 1. The first kappa shape index (κ1) is 10.1. The summed E-state index contributed by atoms with van der Waals surface area (Å²) in [6.07, 6.45) is 6.12. The lowest BCUT2D eigenvalue weighted by Gasteiger charge is -2.00. The van der Waals surface area contributed by atoms with E-state index in [1.54, 1.807) is 12.4 Å². The Labute approximate surface area is 90.3 Å². The van der Waals surface area contributed by atoms with Gasteiger partial charge < -0.3 is 11.1 Å². The largest absolute Gasteiger partial charge is 0.368 e. The van der Waals surface area contributed by atoms with Crippen molar-refractivity contribution in [2.24, 2.45) is 5.73 Å². The van der Waals surface area contributed by atoms with Crippen LogP contribution in [0.15, 0.2) is 24.8 Å². The monoisotopic (exact) mass is 219 g/mol. The predicted octanol–water partition coefficient (Wildman–Crippen LogP) is -1.06. The summed E-state index contributed by atoms with van der Waals surface area (Å²) in [5, 5.41) is 6.35. The van der Waals surface area contributed by atoms with Crippen molar-refractivity contribution >= 4 is 17.3 Å². The molecule has 2 heterocycles. The summed E-state index contributed by atoms with van der Waals surface area (Å²) in [4.78, 5) is 26.0. The average molecular weight is 219 g/mol. The highest BCUT2D eigenvalue weighted by Crippen LogP contribution is 2.07. The predicted molar refractivity (Wildman–Crippen MR) is 54.5 cm³/mol. The first-order valence-corrected chi connectivity index (χ1v) is 4.52. The highest BCUT2D eigenvalue weighted by molar-refractivity contribution is 6.01. The topological polar surface area (TPSA) is 102 Å². The molecule has 7 heteroatoms. The van der Waals surface area contributed by atoms with Crippen molar-refractivity contribution in [3.63, 3.8) is 0 Å². The Kier molecular flexibility index (Phi) is 2.50. The van der Waals surface area contributed by atoms with E-state index in [2.05, 4.69) is 15.4 Å². The zero-order chi connectivity index (χ0) is 11.5. The SMILES string of the molecule is NC(=O)CNC(=O)c1cnn2ccncc12. The quantitative estimate of drug-likeness (QED) is 0.687. The van der Waals surface area contributed by atoms with Crippen molar-refractivity contribution in [1.29, 1.82) is 0 Å². The van der Waals surface area contributed by atoms with Gasteiger partial charge in [0.2, 0.25) is 5.91 Å². The van der Waals surface area contributed by atoms with Crippen LogP contribution in [-0.4, -0.2) is 33.0 Å². The lowest BCUT2D eigenvalue weighted by atomic mass is 10.3. The molecule has 0 unspecified atom stereocenters. The van der Waals surface area contributed by atoms with Crippen LogP contribution in [0.5, 0.6) is 0 Å². The third kappa shape index (κ3) is 1.83. The summed E-state index contributed by atoms with van der Waals surface area (Å²) in [6.45, 7) is -0.198. The van der Waals surface area contributed by atoms with Crippen LogP contribution < -0.4 is 11.1 Å². The molecule has 0 atom stereocenters. The third-order valence-corrected chi connectivity index (χ3v) is 1.99. The highest BCUT2D eigenvalue weighted by Gasteiger charge is 2.12. The fourth-order valence-corrected chi connectivity index (χ4v) is 1.27. The Morgan fingerprint density at radius 2 is 2.25 bits per heavy atom. The minimum Gasteiger partial charge on any atom is -0.368 e. The van der Waals surface area contributed by atoms with Gasteiger partial charge in [-0.3, -0.25) is 14.6 Å². The van der Waals surface area contributed by atoms with Crippen molar-refractivity contribution in [3.05, 3.63) is 30.4 Å². The van der Waals surface area contributed by atoms with Crippen LogP contribution in [0, 0.1) is 0 Å². The van der Waals surface area contributed by atoms with Gasteiger partial charge in [0.25, 0.3) is 5.91 Å². The van der Waals surface area contributed by atoms with Crippen molar-refractivity contribution < 1.29 is 9.59 Å². The van der Waals surface area contributed by atoms with Crippen molar-refractivity contribution in [1.82, 2.24) is 19.9 Å². The number of hydrogen-bond donors (Lipinski definition) is 2. The van der Waals surface area contributed by atoms with E-state index in [1.807, 2.05) is 0 Å². The van der Waals surface area contributed by atoms with E-state index in [9.17, 15) is 9.59 Å². The highest BCUT2D eigenvalue weighted by atomic mass is 16.2. The molecule has 0 aliphatic carbocycles. The number of amides is 2. The maximum atomic E-state index is 11.6. The van der Waals surface area contributed by atoms with Crippen molar-refractivity contribution in [2.75, 3.05) is 6.54 Å². The second-order valence-electron chi connectivity index (χ2n) is 3.11. The Morgan fingerprint density at radius 1 is 1.44 bits per heavy atom. The minimum atomic E-state index is -0.594. The van der Waals surface area contributed by atoms with Crippen LogP contribution in [0.4, 0.5) is 0 Å². The summed E-state index contributed by atoms with van der Waals surface area (Å²) < 4.78 is 1.52. The van der Waals surface area contributed by atoms with Crippen molar-refractivity contribution in [2.45, 2.75) is 0 Å². The maximum absolute atomic E-state index is 11.6. The summed E-state index contributed by atoms with van der Waals surface area (Å²) >= 11 is 0. The number of primary amides is 1. The van der Waals surface area contributed by atoms with Gasteiger partial charge in [0, 0.05) is 12.4 Å². The molecule has 0 aliphatic rings. The molecule has 7 nitrogen and oxygen atoms in total. The van der Waals surface area contributed by atoms with Gasteiger partial charge in [0.1, 0.15) is 0 Å². The van der Waals surface area contributed by atoms with Gasteiger partial charge in [-0.25, -0.2) is 4.52 Å². The van der Waals surface area contributed by atoms with Gasteiger partial charge in [0.05, 0.1) is 30.0 Å². The molecule has 0 aliphatic heterocycles. The normalized spacial score (nSPS) is 10.2. The molecule has 2 rings (SSSR count). The fourth-order valence-electron chi connectivity index (χ4n) is 1.27. The molecular formula is C9H9N5O2. The summed E-state index contributed by atoms with van der Waals surface area (Å²) in [5.41, 5.74) is 5.85. The molecule has 82 valence electrons. The molecule has 16 heavy (non-hydrogen) atoms. The Hall–Kier alpha value is -2.44. The molecule has 0 radical (unpaired) electrons. The molecule has 0 spiro atoms. The van der Waals surface area contributed by atoms with Gasteiger partial charge in [0.15, 0.2) is 0 Å². The molecule has 2 amide bonds. The van der Waals surface area contributed by atoms with Crippen molar-refractivity contribution in [3.8, 4) is 0 Å². The molecule has 0 aromatic carbocycles. The van der Waals surface area contributed by atoms with Gasteiger partial charge in [-0.2, -0.15) is 5.10 Å². The second-order valence-corrected chi connectivity index (χ2v) is 3.11. The number of carbonyl (C=O) groups excluding carboxylic acids is 2. The summed E-state index contributed by atoms with van der Waals surface area (Å²) in [5.74, 6) is -0.996. The zero-order valence-electron chi connectivity index (χ0n) is 8.25. The van der Waals surface area contributed by atoms with Crippen LogP contribution in [0.2, 0.25) is 0 Å². The second kappa shape index (κ2) is 3.97. The Morgan fingerprint density at radius 3 is 3.00 bits per heavy atom. The standard InChI is InChI=1S/C9H9N5O2/c10-8(15)5-12-9(16)6-3-13-14-2-1-11-4-7(6)14/h1-4H,5H2,(H2,10,15)(H,12,16). The van der Waals surface area contributed by atoms with E-state index in [-0.39, 0.29) is 6.54 Å². The first-order valence-electron chi connectivity index (χ1n) is 4.52. The zero-order valence-corrected chi connectivity index (χ0v) is 8.25. The number of nitrogens with two attached hydrogens (primary N) is 1. The van der Waals surface area contributed by atoms with E-state index >= 15 is 0 Å². The molecule has 0 bridgehead atoms. The van der Waals surface area contributed by atoms with Gasteiger partial charge >= 0.3 is 0 Å². The smallest absolute Gasteiger partial charge is 0.255 e. The number of nitrogens with one attached hydrogen (secondary N) is 1. The summed E-state index contributed by atoms with van der Waals surface area (Å²) in [7, 11) is 0. The van der Waals surface area contributed by atoms with Crippen LogP contribution in [-0.2, 0) is 4.79 Å². The van der Waals surface area contributed by atoms with Gasteiger partial charge in [-0.1, -0.05) is 0 Å². The molecule has 3 N–H and O–H groups in total. The molecule has 0 saturated heterocycles. The van der Waals surface area contributed by atoms with E-state index in [1.165, 1.54) is 16.9 Å². The number of aromatic nitrogens is 3. The van der Waals surface area contributed by atoms with Crippen LogP contribution in [0.25, 0.3) is 5.52 Å². The molecule has 2 aromatic rings. The number of rotatable bonds is 3. The van der Waals surface area contributed by atoms with Gasteiger partial charge in [-0.15, -0.1) is 0 Å². The number of hydrogen-bond acceptors (Lipinski definition) is 4. The van der Waals surface area contributed by atoms with Crippen LogP contribution >= 0.6 is 0 Å². The molecular weight excluding hydrogens is 210 g/mol. The molecule has 0 fully saturated rings. The van der Waals surface area contributed by atoms with Crippen LogP contribution in [0.1, 0.15) is 10.4 Å². The lowest BCUT2D eigenvalue weighted by molar-refractivity contribution is -0.117. The maximum Gasteiger partial charge on any atom is 0.255 e. The number of carbonyl (C=O) groups is 2.